The van der Waals surface area contributed by atoms with Crippen LogP contribution >= 0.6 is 0 Å². The van der Waals surface area contributed by atoms with Crippen molar-refractivity contribution in [3.05, 3.63) is 66.2 Å². The number of hydrogen-bond donors (Lipinski definition) is 4. The zero-order valence-corrected chi connectivity index (χ0v) is 15.0. The zero-order valence-electron chi connectivity index (χ0n) is 15.0. The van der Waals surface area contributed by atoms with Crippen LogP contribution in [0.1, 0.15) is 11.7 Å². The maximum Gasteiger partial charge on any atom is 0.248 e. The fourth-order valence-electron chi connectivity index (χ4n) is 2.39. The van der Waals surface area contributed by atoms with Crippen LogP contribution in [-0.2, 0) is 9.53 Å². The van der Waals surface area contributed by atoms with Crippen LogP contribution in [0.3, 0.4) is 0 Å². The van der Waals surface area contributed by atoms with Crippen molar-refractivity contribution in [1.82, 2.24) is 0 Å². The monoisotopic (exact) mass is 372 g/mol. The van der Waals surface area contributed by atoms with Gasteiger partial charge in [0.15, 0.2) is 0 Å². The molecule has 0 saturated heterocycles. The van der Waals surface area contributed by atoms with E-state index < -0.39 is 12.2 Å². The lowest BCUT2D eigenvalue weighted by atomic mass is 10.0. The Morgan fingerprint density at radius 2 is 1.93 bits per heavy atom. The van der Waals surface area contributed by atoms with Crippen molar-refractivity contribution in [1.29, 1.82) is 0 Å². The molecular formula is C20H24N2O5. The Hall–Kier alpha value is -2.87. The van der Waals surface area contributed by atoms with Gasteiger partial charge in [0.05, 0.1) is 18.0 Å². The van der Waals surface area contributed by atoms with Crippen molar-refractivity contribution in [3.63, 3.8) is 0 Å². The minimum Gasteiger partial charge on any atom is -0.491 e. The summed E-state index contributed by atoms with van der Waals surface area (Å²) in [7, 11) is 1.45. The molecule has 5 N–H and O–H groups in total. The Balaban J connectivity index is 1.99. The number of carbonyl (C=O) groups is 1. The molecule has 0 spiro atoms. The highest BCUT2D eigenvalue weighted by Gasteiger charge is 2.18. The first-order valence-electron chi connectivity index (χ1n) is 8.43. The molecule has 0 aromatic heterocycles. The van der Waals surface area contributed by atoms with Gasteiger partial charge in [-0.05, 0) is 35.9 Å². The minimum atomic E-state index is -0.965. The molecule has 2 atom stereocenters. The first-order valence-corrected chi connectivity index (χ1v) is 8.43. The SMILES string of the molecule is CO[C@H](/C=C/C(=O)Nc1ccccc1N)[C@H](O)c1ccc(OCCO)cc1. The highest BCUT2D eigenvalue weighted by atomic mass is 16.5. The lowest BCUT2D eigenvalue weighted by Gasteiger charge is -2.19. The predicted molar refractivity (Wildman–Crippen MR) is 103 cm³/mol. The second-order valence-electron chi connectivity index (χ2n) is 5.72. The van der Waals surface area contributed by atoms with Crippen molar-refractivity contribution in [3.8, 4) is 5.75 Å². The van der Waals surface area contributed by atoms with Gasteiger partial charge in [-0.2, -0.15) is 0 Å². The molecule has 1 amide bonds. The zero-order chi connectivity index (χ0) is 19.6. The molecule has 2 aromatic rings. The molecule has 2 aromatic carbocycles. The summed E-state index contributed by atoms with van der Waals surface area (Å²) in [6, 6.07) is 13.7. The number of nitrogens with one attached hydrogen (secondary N) is 1. The fraction of sp³-hybridized carbons (Fsp3) is 0.250. The molecule has 0 unspecified atom stereocenters. The molecule has 0 radical (unpaired) electrons. The molecule has 7 nitrogen and oxygen atoms in total. The maximum atomic E-state index is 12.1. The van der Waals surface area contributed by atoms with Gasteiger partial charge in [-0.15, -0.1) is 0 Å². The van der Waals surface area contributed by atoms with Gasteiger partial charge in [-0.1, -0.05) is 24.3 Å². The number of nitrogen functional groups attached to an aromatic ring is 1. The van der Waals surface area contributed by atoms with Crippen LogP contribution in [0.5, 0.6) is 5.75 Å². The lowest BCUT2D eigenvalue weighted by molar-refractivity contribution is -0.112. The molecule has 0 aliphatic rings. The number of hydrogen-bond acceptors (Lipinski definition) is 6. The number of amides is 1. The molecule has 0 fully saturated rings. The number of carbonyl (C=O) groups excluding carboxylic acids is 1. The molecule has 2 rings (SSSR count). The third kappa shape index (κ3) is 6.10. The Kier molecular flexibility index (Phi) is 7.81. The second-order valence-corrected chi connectivity index (χ2v) is 5.72. The van der Waals surface area contributed by atoms with E-state index in [1.807, 2.05) is 0 Å². The summed E-state index contributed by atoms with van der Waals surface area (Å²) in [5, 5.41) is 21.9. The van der Waals surface area contributed by atoms with Crippen LogP contribution < -0.4 is 15.8 Å². The number of methoxy groups -OCH3 is 1. The summed E-state index contributed by atoms with van der Waals surface area (Å²) in [6.07, 6.45) is 1.10. The normalized spacial score (nSPS) is 13.3. The quantitative estimate of drug-likeness (QED) is 0.395. The topological polar surface area (TPSA) is 114 Å². The third-order valence-corrected chi connectivity index (χ3v) is 3.82. The van der Waals surface area contributed by atoms with Crippen LogP contribution in [0.2, 0.25) is 0 Å². The van der Waals surface area contributed by atoms with Gasteiger partial charge in [0.1, 0.15) is 24.6 Å². The molecule has 7 heteroatoms. The summed E-state index contributed by atoms with van der Waals surface area (Å²) in [4.78, 5) is 12.1. The number of ether oxygens (including phenoxy) is 2. The maximum absolute atomic E-state index is 12.1. The highest BCUT2D eigenvalue weighted by molar-refractivity contribution is 6.01. The number of aliphatic hydroxyl groups excluding tert-OH is 2. The van der Waals surface area contributed by atoms with Crippen molar-refractivity contribution in [2.75, 3.05) is 31.4 Å². The first-order chi connectivity index (χ1) is 13.0. The Labute approximate surface area is 158 Å². The van der Waals surface area contributed by atoms with Gasteiger partial charge in [-0.3, -0.25) is 4.79 Å². The van der Waals surface area contributed by atoms with Crippen LogP contribution in [-0.4, -0.2) is 42.5 Å². The number of para-hydroxylation sites is 2. The van der Waals surface area contributed by atoms with Crippen molar-refractivity contribution in [2.24, 2.45) is 0 Å². The molecule has 0 saturated carbocycles. The van der Waals surface area contributed by atoms with Crippen molar-refractivity contribution >= 4 is 17.3 Å². The molecule has 27 heavy (non-hydrogen) atoms. The molecular weight excluding hydrogens is 348 g/mol. The summed E-state index contributed by atoms with van der Waals surface area (Å²) in [5.74, 6) is 0.208. The van der Waals surface area contributed by atoms with Crippen molar-refractivity contribution in [2.45, 2.75) is 12.2 Å². The predicted octanol–water partition coefficient (Wildman–Crippen LogP) is 1.88. The smallest absolute Gasteiger partial charge is 0.248 e. The summed E-state index contributed by atoms with van der Waals surface area (Å²) in [6.45, 7) is 0.129. The number of rotatable bonds is 9. The Morgan fingerprint density at radius 1 is 1.22 bits per heavy atom. The number of aliphatic hydroxyl groups is 2. The van der Waals surface area contributed by atoms with Gasteiger partial charge in [0.25, 0.3) is 0 Å². The van der Waals surface area contributed by atoms with E-state index in [-0.39, 0.29) is 19.1 Å². The molecule has 144 valence electrons. The van der Waals surface area contributed by atoms with Crippen LogP contribution in [0.4, 0.5) is 11.4 Å². The third-order valence-electron chi connectivity index (χ3n) is 3.82. The fourth-order valence-corrected chi connectivity index (χ4v) is 2.39. The van der Waals surface area contributed by atoms with E-state index in [0.29, 0.717) is 22.7 Å². The van der Waals surface area contributed by atoms with Gasteiger partial charge in [0.2, 0.25) is 5.91 Å². The minimum absolute atomic E-state index is 0.0718. The van der Waals surface area contributed by atoms with E-state index >= 15 is 0 Å². The summed E-state index contributed by atoms with van der Waals surface area (Å²) < 4.78 is 10.6. The van der Waals surface area contributed by atoms with Crippen LogP contribution in [0.25, 0.3) is 0 Å². The van der Waals surface area contributed by atoms with Gasteiger partial charge in [0, 0.05) is 13.2 Å². The Morgan fingerprint density at radius 3 is 2.56 bits per heavy atom. The molecule has 0 heterocycles. The summed E-state index contributed by atoms with van der Waals surface area (Å²) in [5.41, 5.74) is 7.38. The average Bonchev–Trinajstić information content (AvgIpc) is 2.69. The van der Waals surface area contributed by atoms with E-state index in [9.17, 15) is 9.90 Å². The molecule has 0 aliphatic heterocycles. The van der Waals surface area contributed by atoms with Gasteiger partial charge < -0.3 is 30.7 Å². The van der Waals surface area contributed by atoms with Crippen LogP contribution in [0.15, 0.2) is 60.7 Å². The van der Waals surface area contributed by atoms with E-state index in [4.69, 9.17) is 20.3 Å². The van der Waals surface area contributed by atoms with E-state index in [2.05, 4.69) is 5.32 Å². The number of benzene rings is 2. The van der Waals surface area contributed by atoms with Gasteiger partial charge >= 0.3 is 0 Å². The molecule has 0 aliphatic carbocycles. The molecule has 0 bridgehead atoms. The highest BCUT2D eigenvalue weighted by Crippen LogP contribution is 2.23. The lowest BCUT2D eigenvalue weighted by Crippen LogP contribution is -2.19. The number of anilines is 2. The Bertz CT molecular complexity index is 761. The van der Waals surface area contributed by atoms with Crippen LogP contribution in [0, 0.1) is 0 Å². The van der Waals surface area contributed by atoms with Gasteiger partial charge in [-0.25, -0.2) is 0 Å². The average molecular weight is 372 g/mol. The van der Waals surface area contributed by atoms with E-state index in [0.717, 1.165) is 0 Å². The van der Waals surface area contributed by atoms with E-state index in [1.54, 1.807) is 48.5 Å². The number of nitrogens with two attached hydrogens (primary N) is 1. The summed E-state index contributed by atoms with van der Waals surface area (Å²) >= 11 is 0. The standard InChI is InChI=1S/C20H24N2O5/c1-26-18(10-11-19(24)22-17-5-3-2-4-16(17)21)20(25)14-6-8-15(9-7-14)27-13-12-23/h2-11,18,20,23,25H,12-13,21H2,1H3,(H,22,24)/b11-10+/t18-,20-/m1/s1. The van der Waals surface area contributed by atoms with Crippen molar-refractivity contribution < 1.29 is 24.5 Å². The van der Waals surface area contributed by atoms with E-state index in [1.165, 1.54) is 19.3 Å². The largest absolute Gasteiger partial charge is 0.491 e. The first kappa shape index (κ1) is 20.4. The second kappa shape index (κ2) is 10.3.